The van der Waals surface area contributed by atoms with Crippen LogP contribution in [0.1, 0.15) is 38.0 Å². The van der Waals surface area contributed by atoms with Gasteiger partial charge in [0.25, 0.3) is 0 Å². The molecule has 1 N–H and O–H groups in total. The predicted molar refractivity (Wildman–Crippen MR) is 82.5 cm³/mol. The summed E-state index contributed by atoms with van der Waals surface area (Å²) in [6.07, 6.45) is 3.26. The van der Waals surface area contributed by atoms with E-state index in [9.17, 15) is 0 Å². The smallest absolute Gasteiger partial charge is 0.0951 e. The Morgan fingerprint density at radius 1 is 1.45 bits per heavy atom. The highest BCUT2D eigenvalue weighted by atomic mass is 32.1. The van der Waals surface area contributed by atoms with Crippen molar-refractivity contribution in [1.29, 1.82) is 0 Å². The van der Waals surface area contributed by atoms with Gasteiger partial charge in [0.2, 0.25) is 0 Å². The van der Waals surface area contributed by atoms with Crippen LogP contribution < -0.4 is 5.32 Å². The summed E-state index contributed by atoms with van der Waals surface area (Å²) in [6, 6.07) is 4.94. The number of ether oxygens (including phenoxy) is 2. The second-order valence-corrected chi connectivity index (χ2v) is 7.71. The summed E-state index contributed by atoms with van der Waals surface area (Å²) in [7, 11) is 0. The number of nitrogens with one attached hydrogen (secondary N) is 1. The second-order valence-electron chi connectivity index (χ2n) is 6.77. The zero-order chi connectivity index (χ0) is 14.1. The SMILES string of the molecule is CC(C)(CNC1CCOC2(CCOC2)C1)c1cccs1. The van der Waals surface area contributed by atoms with E-state index in [2.05, 4.69) is 36.7 Å². The Kier molecular flexibility index (Phi) is 4.18. The quantitative estimate of drug-likeness (QED) is 0.926. The molecule has 0 saturated carbocycles. The van der Waals surface area contributed by atoms with E-state index in [1.807, 2.05) is 11.3 Å². The zero-order valence-corrected chi connectivity index (χ0v) is 13.3. The fourth-order valence-electron chi connectivity index (χ4n) is 3.22. The lowest BCUT2D eigenvalue weighted by Gasteiger charge is -2.38. The molecule has 20 heavy (non-hydrogen) atoms. The molecule has 2 fully saturated rings. The van der Waals surface area contributed by atoms with Gasteiger partial charge in [0.15, 0.2) is 0 Å². The van der Waals surface area contributed by atoms with Crippen molar-refractivity contribution in [2.24, 2.45) is 0 Å². The van der Waals surface area contributed by atoms with Crippen molar-refractivity contribution in [3.8, 4) is 0 Å². The predicted octanol–water partition coefficient (Wildman–Crippen LogP) is 2.95. The third kappa shape index (κ3) is 3.08. The van der Waals surface area contributed by atoms with Gasteiger partial charge in [-0.2, -0.15) is 0 Å². The molecule has 0 amide bonds. The van der Waals surface area contributed by atoms with Crippen molar-refractivity contribution >= 4 is 11.3 Å². The van der Waals surface area contributed by atoms with E-state index >= 15 is 0 Å². The van der Waals surface area contributed by atoms with Gasteiger partial charge in [-0.05, 0) is 24.3 Å². The van der Waals surface area contributed by atoms with Crippen molar-refractivity contribution in [2.75, 3.05) is 26.4 Å². The molecule has 112 valence electrons. The molecule has 0 aromatic carbocycles. The zero-order valence-electron chi connectivity index (χ0n) is 12.5. The first-order valence-corrected chi connectivity index (χ1v) is 8.47. The maximum atomic E-state index is 6.00. The minimum Gasteiger partial charge on any atom is -0.378 e. The summed E-state index contributed by atoms with van der Waals surface area (Å²) in [5.41, 5.74) is 0.203. The normalized spacial score (nSPS) is 31.0. The summed E-state index contributed by atoms with van der Waals surface area (Å²) >= 11 is 1.85. The fourth-order valence-corrected chi connectivity index (χ4v) is 4.07. The number of rotatable bonds is 4. The van der Waals surface area contributed by atoms with Crippen LogP contribution in [-0.2, 0) is 14.9 Å². The molecule has 0 bridgehead atoms. The first kappa shape index (κ1) is 14.5. The Labute approximate surface area is 125 Å². The van der Waals surface area contributed by atoms with Gasteiger partial charge in [0, 0.05) is 42.5 Å². The lowest BCUT2D eigenvalue weighted by molar-refractivity contribution is -0.0895. The van der Waals surface area contributed by atoms with Crippen LogP contribution in [0.5, 0.6) is 0 Å². The molecule has 3 rings (SSSR count). The van der Waals surface area contributed by atoms with E-state index < -0.39 is 0 Å². The number of hydrogen-bond acceptors (Lipinski definition) is 4. The molecular weight excluding hydrogens is 270 g/mol. The summed E-state index contributed by atoms with van der Waals surface area (Å²) in [5.74, 6) is 0. The highest BCUT2D eigenvalue weighted by Crippen LogP contribution is 2.33. The lowest BCUT2D eigenvalue weighted by atomic mass is 9.87. The minimum atomic E-state index is 0.00297. The maximum absolute atomic E-state index is 6.00. The van der Waals surface area contributed by atoms with Gasteiger partial charge in [0.05, 0.1) is 12.2 Å². The van der Waals surface area contributed by atoms with Crippen LogP contribution in [0, 0.1) is 0 Å². The molecule has 3 heterocycles. The standard InChI is InChI=1S/C16H25NO2S/c1-15(2,14-4-3-9-20-14)11-17-13-5-7-19-16(10-13)6-8-18-12-16/h3-4,9,13,17H,5-8,10-12H2,1-2H3. The molecule has 2 atom stereocenters. The van der Waals surface area contributed by atoms with Crippen molar-refractivity contribution in [3.63, 3.8) is 0 Å². The van der Waals surface area contributed by atoms with E-state index in [0.717, 1.165) is 45.6 Å². The van der Waals surface area contributed by atoms with Gasteiger partial charge in [-0.3, -0.25) is 0 Å². The molecule has 0 radical (unpaired) electrons. The molecule has 3 nitrogen and oxygen atoms in total. The minimum absolute atomic E-state index is 0.00297. The summed E-state index contributed by atoms with van der Waals surface area (Å²) in [6.45, 7) is 8.15. The topological polar surface area (TPSA) is 30.5 Å². The molecule has 1 spiro atoms. The van der Waals surface area contributed by atoms with Crippen molar-refractivity contribution < 1.29 is 9.47 Å². The highest BCUT2D eigenvalue weighted by Gasteiger charge is 2.41. The lowest BCUT2D eigenvalue weighted by Crippen LogP contribution is -2.49. The molecular formula is C16H25NO2S. The van der Waals surface area contributed by atoms with Gasteiger partial charge in [-0.1, -0.05) is 19.9 Å². The van der Waals surface area contributed by atoms with Crippen molar-refractivity contribution in [3.05, 3.63) is 22.4 Å². The van der Waals surface area contributed by atoms with Gasteiger partial charge in [-0.25, -0.2) is 0 Å². The first-order valence-electron chi connectivity index (χ1n) is 7.59. The Morgan fingerprint density at radius 3 is 3.05 bits per heavy atom. The number of hydrogen-bond donors (Lipinski definition) is 1. The molecule has 1 aromatic rings. The van der Waals surface area contributed by atoms with E-state index in [-0.39, 0.29) is 11.0 Å². The fraction of sp³-hybridized carbons (Fsp3) is 0.750. The first-order chi connectivity index (χ1) is 9.60. The van der Waals surface area contributed by atoms with Crippen LogP contribution in [0.25, 0.3) is 0 Å². The van der Waals surface area contributed by atoms with Crippen LogP contribution in [0.2, 0.25) is 0 Å². The van der Waals surface area contributed by atoms with Crippen LogP contribution in [0.15, 0.2) is 17.5 Å². The van der Waals surface area contributed by atoms with E-state index in [0.29, 0.717) is 6.04 Å². The van der Waals surface area contributed by atoms with Gasteiger partial charge in [0.1, 0.15) is 0 Å². The average molecular weight is 295 g/mol. The maximum Gasteiger partial charge on any atom is 0.0951 e. The molecule has 4 heteroatoms. The summed E-state index contributed by atoms with van der Waals surface area (Å²) < 4.78 is 11.5. The Morgan fingerprint density at radius 2 is 2.35 bits per heavy atom. The largest absolute Gasteiger partial charge is 0.378 e. The Bertz CT molecular complexity index is 424. The van der Waals surface area contributed by atoms with Crippen molar-refractivity contribution in [2.45, 2.75) is 50.2 Å². The van der Waals surface area contributed by atoms with E-state index in [1.165, 1.54) is 4.88 Å². The summed E-state index contributed by atoms with van der Waals surface area (Å²) in [5, 5.41) is 5.94. The third-order valence-corrected chi connectivity index (χ3v) is 5.82. The Hall–Kier alpha value is -0.420. The molecule has 0 aliphatic carbocycles. The van der Waals surface area contributed by atoms with Gasteiger partial charge in [-0.15, -0.1) is 11.3 Å². The number of thiophene rings is 1. The van der Waals surface area contributed by atoms with Crippen LogP contribution in [-0.4, -0.2) is 38.0 Å². The highest BCUT2D eigenvalue weighted by molar-refractivity contribution is 7.10. The van der Waals surface area contributed by atoms with Crippen LogP contribution >= 0.6 is 11.3 Å². The van der Waals surface area contributed by atoms with Crippen LogP contribution in [0.4, 0.5) is 0 Å². The molecule has 1 aromatic heterocycles. The van der Waals surface area contributed by atoms with Gasteiger partial charge < -0.3 is 14.8 Å². The van der Waals surface area contributed by atoms with Gasteiger partial charge >= 0.3 is 0 Å². The third-order valence-electron chi connectivity index (χ3n) is 4.58. The van der Waals surface area contributed by atoms with E-state index in [4.69, 9.17) is 9.47 Å². The van der Waals surface area contributed by atoms with E-state index in [1.54, 1.807) is 0 Å². The van der Waals surface area contributed by atoms with Crippen LogP contribution in [0.3, 0.4) is 0 Å². The molecule has 2 aliphatic rings. The molecule has 2 saturated heterocycles. The Balaban J connectivity index is 1.55. The summed E-state index contributed by atoms with van der Waals surface area (Å²) in [4.78, 5) is 1.45. The molecule has 2 unspecified atom stereocenters. The molecule has 2 aliphatic heterocycles. The monoisotopic (exact) mass is 295 g/mol. The second kappa shape index (κ2) is 5.76. The average Bonchev–Trinajstić information content (AvgIpc) is 3.09. The van der Waals surface area contributed by atoms with Crippen molar-refractivity contribution in [1.82, 2.24) is 5.32 Å².